The Kier molecular flexibility index (Phi) is 2.76. The quantitative estimate of drug-likeness (QED) is 0.796. The predicted octanol–water partition coefficient (Wildman–Crippen LogP) is 2.06. The van der Waals surface area contributed by atoms with Crippen molar-refractivity contribution in [3.63, 3.8) is 0 Å². The topological polar surface area (TPSA) is 34.4 Å². The van der Waals surface area contributed by atoms with E-state index in [0.717, 1.165) is 25.9 Å². The maximum absolute atomic E-state index is 5.62. The normalized spacial score (nSPS) is 23.0. The van der Waals surface area contributed by atoms with E-state index < -0.39 is 0 Å². The number of nitrogens with one attached hydrogen (secondary N) is 1. The fourth-order valence-corrected chi connectivity index (χ4v) is 1.58. The highest BCUT2D eigenvalue weighted by molar-refractivity contribution is 6.28. The van der Waals surface area contributed by atoms with Crippen molar-refractivity contribution in [2.24, 2.45) is 0 Å². The standard InChI is InChI=1S/C9H12ClNO2/c10-8-3-4-9(13-8)12-7-2-1-5-11-6-7/h3-4,7,11H,1-2,5-6H2. The molecule has 72 valence electrons. The van der Waals surface area contributed by atoms with Gasteiger partial charge in [-0.15, -0.1) is 0 Å². The largest absolute Gasteiger partial charge is 0.460 e. The van der Waals surface area contributed by atoms with E-state index in [2.05, 4.69) is 5.32 Å². The van der Waals surface area contributed by atoms with Gasteiger partial charge in [-0.25, -0.2) is 0 Å². The van der Waals surface area contributed by atoms with Crippen LogP contribution in [0.3, 0.4) is 0 Å². The van der Waals surface area contributed by atoms with E-state index in [1.165, 1.54) is 0 Å². The Labute approximate surface area is 82.0 Å². The zero-order valence-electron chi connectivity index (χ0n) is 7.25. The van der Waals surface area contributed by atoms with Crippen molar-refractivity contribution in [1.29, 1.82) is 0 Å². The van der Waals surface area contributed by atoms with Crippen LogP contribution in [0.15, 0.2) is 16.5 Å². The van der Waals surface area contributed by atoms with Crippen molar-refractivity contribution in [2.75, 3.05) is 13.1 Å². The number of rotatable bonds is 2. The first-order chi connectivity index (χ1) is 6.34. The third kappa shape index (κ3) is 2.39. The van der Waals surface area contributed by atoms with Gasteiger partial charge < -0.3 is 14.5 Å². The molecule has 1 aromatic heterocycles. The number of piperidine rings is 1. The summed E-state index contributed by atoms with van der Waals surface area (Å²) in [7, 11) is 0. The average molecular weight is 202 g/mol. The molecule has 3 nitrogen and oxygen atoms in total. The Morgan fingerprint density at radius 3 is 3.08 bits per heavy atom. The van der Waals surface area contributed by atoms with E-state index in [-0.39, 0.29) is 6.10 Å². The van der Waals surface area contributed by atoms with Crippen LogP contribution in [0, 0.1) is 0 Å². The van der Waals surface area contributed by atoms with Crippen molar-refractivity contribution in [2.45, 2.75) is 18.9 Å². The van der Waals surface area contributed by atoms with Gasteiger partial charge in [0, 0.05) is 18.7 Å². The van der Waals surface area contributed by atoms with Crippen LogP contribution in [0.1, 0.15) is 12.8 Å². The van der Waals surface area contributed by atoms with Gasteiger partial charge in [-0.1, -0.05) is 0 Å². The van der Waals surface area contributed by atoms with Gasteiger partial charge in [-0.2, -0.15) is 0 Å². The molecule has 2 rings (SSSR count). The van der Waals surface area contributed by atoms with Gasteiger partial charge >= 0.3 is 0 Å². The summed E-state index contributed by atoms with van der Waals surface area (Å²) < 4.78 is 10.7. The summed E-state index contributed by atoms with van der Waals surface area (Å²) in [6.07, 6.45) is 2.45. The molecule has 1 fully saturated rings. The molecule has 1 aromatic rings. The SMILES string of the molecule is Clc1ccc(OC2CCCNC2)o1. The monoisotopic (exact) mass is 201 g/mol. The van der Waals surface area contributed by atoms with E-state index in [0.29, 0.717) is 11.2 Å². The lowest BCUT2D eigenvalue weighted by molar-refractivity contribution is 0.131. The Morgan fingerprint density at radius 2 is 2.46 bits per heavy atom. The lowest BCUT2D eigenvalue weighted by atomic mass is 10.1. The molecule has 1 atom stereocenters. The fourth-order valence-electron chi connectivity index (χ4n) is 1.45. The third-order valence-electron chi connectivity index (χ3n) is 2.08. The van der Waals surface area contributed by atoms with Gasteiger partial charge in [0.05, 0.1) is 0 Å². The molecule has 13 heavy (non-hydrogen) atoms. The molecule has 0 aliphatic carbocycles. The molecule has 0 spiro atoms. The first-order valence-corrected chi connectivity index (χ1v) is 4.85. The number of hydrogen-bond acceptors (Lipinski definition) is 3. The van der Waals surface area contributed by atoms with Gasteiger partial charge in [0.25, 0.3) is 5.95 Å². The lowest BCUT2D eigenvalue weighted by Gasteiger charge is -2.22. The minimum absolute atomic E-state index is 0.218. The summed E-state index contributed by atoms with van der Waals surface area (Å²) >= 11 is 5.62. The van der Waals surface area contributed by atoms with Crippen LogP contribution in [0.5, 0.6) is 5.95 Å². The van der Waals surface area contributed by atoms with E-state index in [4.69, 9.17) is 20.8 Å². The molecule has 0 radical (unpaired) electrons. The molecule has 0 aromatic carbocycles. The Hall–Kier alpha value is -0.670. The van der Waals surface area contributed by atoms with Crippen LogP contribution in [0.4, 0.5) is 0 Å². The number of halogens is 1. The second-order valence-electron chi connectivity index (χ2n) is 3.14. The van der Waals surface area contributed by atoms with Crippen LogP contribution >= 0.6 is 11.6 Å². The Bertz CT molecular complexity index is 268. The lowest BCUT2D eigenvalue weighted by Crippen LogP contribution is -2.37. The molecule has 1 aliphatic rings. The van der Waals surface area contributed by atoms with Gasteiger partial charge in [-0.05, 0) is 31.0 Å². The minimum atomic E-state index is 0.218. The van der Waals surface area contributed by atoms with Gasteiger partial charge in [0.2, 0.25) is 0 Å². The highest BCUT2D eigenvalue weighted by Crippen LogP contribution is 2.22. The van der Waals surface area contributed by atoms with Crippen molar-refractivity contribution < 1.29 is 9.15 Å². The van der Waals surface area contributed by atoms with Crippen LogP contribution in [0.2, 0.25) is 5.22 Å². The summed E-state index contributed by atoms with van der Waals surface area (Å²) in [6, 6.07) is 3.43. The van der Waals surface area contributed by atoms with Crippen molar-refractivity contribution >= 4 is 11.6 Å². The summed E-state index contributed by atoms with van der Waals surface area (Å²) in [5, 5.41) is 3.64. The summed E-state index contributed by atoms with van der Waals surface area (Å²) in [4.78, 5) is 0. The zero-order valence-corrected chi connectivity index (χ0v) is 8.01. The molecule has 1 aliphatic heterocycles. The van der Waals surface area contributed by atoms with E-state index in [9.17, 15) is 0 Å². The number of hydrogen-bond donors (Lipinski definition) is 1. The van der Waals surface area contributed by atoms with E-state index in [1.54, 1.807) is 12.1 Å². The van der Waals surface area contributed by atoms with Crippen LogP contribution < -0.4 is 10.1 Å². The molecule has 0 bridgehead atoms. The first kappa shape index (κ1) is 8.91. The second kappa shape index (κ2) is 4.03. The average Bonchev–Trinajstić information content (AvgIpc) is 2.53. The Balaban J connectivity index is 1.89. The number of furan rings is 1. The zero-order chi connectivity index (χ0) is 9.10. The number of ether oxygens (including phenoxy) is 1. The fraction of sp³-hybridized carbons (Fsp3) is 0.556. The summed E-state index contributed by atoms with van der Waals surface area (Å²) in [5.41, 5.74) is 0. The smallest absolute Gasteiger partial charge is 0.286 e. The van der Waals surface area contributed by atoms with Crippen LogP contribution in [0.25, 0.3) is 0 Å². The predicted molar refractivity (Wildman–Crippen MR) is 50.2 cm³/mol. The molecule has 0 amide bonds. The van der Waals surface area contributed by atoms with E-state index in [1.807, 2.05) is 0 Å². The van der Waals surface area contributed by atoms with Crippen molar-refractivity contribution in [3.8, 4) is 5.95 Å². The summed E-state index contributed by atoms with van der Waals surface area (Å²) in [6.45, 7) is 1.97. The molecular formula is C9H12ClNO2. The van der Waals surface area contributed by atoms with E-state index >= 15 is 0 Å². The molecule has 1 N–H and O–H groups in total. The second-order valence-corrected chi connectivity index (χ2v) is 3.52. The molecule has 0 saturated carbocycles. The molecular weight excluding hydrogens is 190 g/mol. The van der Waals surface area contributed by atoms with Crippen molar-refractivity contribution in [1.82, 2.24) is 5.32 Å². The molecule has 1 saturated heterocycles. The van der Waals surface area contributed by atoms with Gasteiger partial charge in [0.1, 0.15) is 6.10 Å². The van der Waals surface area contributed by atoms with Crippen molar-refractivity contribution in [3.05, 3.63) is 17.4 Å². The Morgan fingerprint density at radius 1 is 1.54 bits per heavy atom. The van der Waals surface area contributed by atoms with Gasteiger partial charge in [-0.3, -0.25) is 0 Å². The highest BCUT2D eigenvalue weighted by atomic mass is 35.5. The summed E-state index contributed by atoms with van der Waals surface area (Å²) in [5.74, 6) is 0.513. The highest BCUT2D eigenvalue weighted by Gasteiger charge is 2.15. The van der Waals surface area contributed by atoms with Crippen LogP contribution in [-0.2, 0) is 0 Å². The van der Waals surface area contributed by atoms with Gasteiger partial charge in [0.15, 0.2) is 5.22 Å². The third-order valence-corrected chi connectivity index (χ3v) is 2.29. The van der Waals surface area contributed by atoms with Crippen LogP contribution in [-0.4, -0.2) is 19.2 Å². The minimum Gasteiger partial charge on any atom is -0.460 e. The molecule has 1 unspecified atom stereocenters. The maximum atomic E-state index is 5.62. The molecule has 4 heteroatoms. The maximum Gasteiger partial charge on any atom is 0.286 e. The first-order valence-electron chi connectivity index (χ1n) is 4.47. The molecule has 2 heterocycles.